The van der Waals surface area contributed by atoms with Gasteiger partial charge in [-0.25, -0.2) is 0 Å². The van der Waals surface area contributed by atoms with E-state index in [4.69, 9.17) is 14.0 Å². The van der Waals surface area contributed by atoms with Gasteiger partial charge < -0.3 is 4.42 Å². The van der Waals surface area contributed by atoms with E-state index in [1.807, 2.05) is 0 Å². The molecular formula is C38H24O. The van der Waals surface area contributed by atoms with E-state index in [9.17, 15) is 9.60 Å². The number of furan rings is 1. The smallest absolute Gasteiger partial charge is 0.134 e. The van der Waals surface area contributed by atoms with Crippen molar-refractivity contribution in [3.63, 3.8) is 0 Å². The first-order valence-electron chi connectivity index (χ1n) is 19.2. The zero-order valence-electron chi connectivity index (χ0n) is 34.2. The van der Waals surface area contributed by atoms with Gasteiger partial charge in [0.1, 0.15) is 5.58 Å². The Balaban J connectivity index is 1.76. The molecule has 1 aromatic heterocycles. The average Bonchev–Trinajstić information content (AvgIpc) is 3.59. The van der Waals surface area contributed by atoms with Crippen LogP contribution in [0, 0.1) is 0 Å². The molecule has 1 nitrogen and oxygen atoms in total. The van der Waals surface area contributed by atoms with Crippen molar-refractivity contribution in [3.05, 3.63) is 145 Å². The Labute approximate surface area is 246 Å². The van der Waals surface area contributed by atoms with Gasteiger partial charge >= 0.3 is 0 Å². The number of para-hydroxylation sites is 1. The second-order valence-electron chi connectivity index (χ2n) is 9.01. The van der Waals surface area contributed by atoms with E-state index in [1.165, 1.54) is 6.26 Å². The third kappa shape index (κ3) is 3.34. The summed E-state index contributed by atoms with van der Waals surface area (Å²) in [6.45, 7) is 0. The summed E-state index contributed by atoms with van der Waals surface area (Å²) in [6, 6.07) is 6.80. The Morgan fingerprint density at radius 1 is 0.410 bits per heavy atom. The first kappa shape index (κ1) is 12.1. The first-order chi connectivity index (χ1) is 25.2. The highest BCUT2D eigenvalue weighted by Crippen LogP contribution is 2.46. The SMILES string of the molecule is [2H]c1c([2H])c([2H])c2c(-c3c4c([2H])c([2H])c([2H])c([2H])c4c(-c4ccccc4)c4c([2H])c([2H])c([2H])c([2H])c34)c([2H])c([2H])c(-c3coc4ccccc34)c2c1[2H]. The zero-order chi connectivity index (χ0) is 37.9. The van der Waals surface area contributed by atoms with E-state index in [0.29, 0.717) is 16.5 Å². The van der Waals surface area contributed by atoms with Gasteiger partial charge in [0.25, 0.3) is 0 Å². The highest BCUT2D eigenvalue weighted by Gasteiger charge is 2.19. The maximum absolute atomic E-state index is 9.61. The normalized spacial score (nSPS) is 16.6. The summed E-state index contributed by atoms with van der Waals surface area (Å²) in [5, 5.41) is -0.667. The van der Waals surface area contributed by atoms with Crippen LogP contribution in [-0.4, -0.2) is 0 Å². The molecule has 0 aliphatic rings. The van der Waals surface area contributed by atoms with Crippen LogP contribution in [0.5, 0.6) is 0 Å². The highest BCUT2D eigenvalue weighted by atomic mass is 16.3. The minimum atomic E-state index is -0.679. The molecule has 0 aliphatic carbocycles. The average molecular weight is 511 g/mol. The minimum Gasteiger partial charge on any atom is -0.464 e. The third-order valence-corrected chi connectivity index (χ3v) is 6.94. The summed E-state index contributed by atoms with van der Waals surface area (Å²) in [4.78, 5) is 0. The lowest BCUT2D eigenvalue weighted by molar-refractivity contribution is 0.617. The highest BCUT2D eigenvalue weighted by molar-refractivity contribution is 6.24. The van der Waals surface area contributed by atoms with Crippen LogP contribution in [0.1, 0.15) is 19.2 Å². The van der Waals surface area contributed by atoms with Gasteiger partial charge in [0.15, 0.2) is 0 Å². The van der Waals surface area contributed by atoms with Crippen molar-refractivity contribution in [1.82, 2.24) is 0 Å². The molecule has 8 rings (SSSR count). The standard InChI is InChI=1S/C38H24O/c1-2-12-25(13-3-1)37-30-17-6-8-19-32(30)38(33-20-9-7-18-31(33)37)34-23-22-28(26-14-4-5-15-27(26)34)35-24-39-36-21-11-10-16-29(35)36/h1-24H/i4D,5D,6D,7D,8D,9D,14D,15D,17D,18D,19D,20D,22D,23D. The molecule has 1 heteroatoms. The summed E-state index contributed by atoms with van der Waals surface area (Å²) in [5.74, 6) is 0. The predicted molar refractivity (Wildman–Crippen MR) is 165 cm³/mol. The van der Waals surface area contributed by atoms with Crippen molar-refractivity contribution < 1.29 is 23.6 Å². The summed E-state index contributed by atoms with van der Waals surface area (Å²) >= 11 is 0. The van der Waals surface area contributed by atoms with Crippen molar-refractivity contribution in [2.45, 2.75) is 0 Å². The van der Waals surface area contributed by atoms with Gasteiger partial charge in [-0.1, -0.05) is 133 Å². The molecule has 0 aliphatic heterocycles. The topological polar surface area (TPSA) is 13.1 Å². The second-order valence-corrected chi connectivity index (χ2v) is 9.01. The molecule has 0 N–H and O–H groups in total. The molecule has 182 valence electrons. The molecule has 39 heavy (non-hydrogen) atoms. The Morgan fingerprint density at radius 3 is 1.59 bits per heavy atom. The van der Waals surface area contributed by atoms with E-state index >= 15 is 0 Å². The van der Waals surface area contributed by atoms with Gasteiger partial charge in [0, 0.05) is 10.9 Å². The van der Waals surface area contributed by atoms with Crippen molar-refractivity contribution >= 4 is 43.3 Å². The second kappa shape index (κ2) is 8.72. The monoisotopic (exact) mass is 510 g/mol. The first-order valence-corrected chi connectivity index (χ1v) is 12.2. The van der Waals surface area contributed by atoms with Crippen molar-refractivity contribution in [2.24, 2.45) is 0 Å². The molecular weight excluding hydrogens is 472 g/mol. The predicted octanol–water partition coefficient (Wildman–Crippen LogP) is 10.9. The van der Waals surface area contributed by atoms with E-state index in [2.05, 4.69) is 0 Å². The molecule has 0 radical (unpaired) electrons. The van der Waals surface area contributed by atoms with E-state index < -0.39 is 84.6 Å². The van der Waals surface area contributed by atoms with E-state index in [1.54, 1.807) is 54.6 Å². The fraction of sp³-hybridized carbons (Fsp3) is 0. The third-order valence-electron chi connectivity index (χ3n) is 6.94. The van der Waals surface area contributed by atoms with Gasteiger partial charge in [0.2, 0.25) is 0 Å². The lowest BCUT2D eigenvalue weighted by Gasteiger charge is -2.19. The Morgan fingerprint density at radius 2 is 0.923 bits per heavy atom. The molecule has 1 heterocycles. The van der Waals surface area contributed by atoms with Crippen LogP contribution >= 0.6 is 0 Å². The number of benzene rings is 7. The van der Waals surface area contributed by atoms with Crippen molar-refractivity contribution in [2.75, 3.05) is 0 Å². The summed E-state index contributed by atoms with van der Waals surface area (Å²) in [7, 11) is 0. The molecule has 7 aromatic carbocycles. The lowest BCUT2D eigenvalue weighted by atomic mass is 9.84. The molecule has 0 saturated heterocycles. The van der Waals surface area contributed by atoms with Gasteiger partial charge in [-0.2, -0.15) is 0 Å². The fourth-order valence-corrected chi connectivity index (χ4v) is 5.27. The van der Waals surface area contributed by atoms with E-state index in [-0.39, 0.29) is 60.1 Å². The molecule has 0 saturated carbocycles. The van der Waals surface area contributed by atoms with Crippen molar-refractivity contribution in [3.8, 4) is 33.4 Å². The van der Waals surface area contributed by atoms with Gasteiger partial charge in [0.05, 0.1) is 25.5 Å². The maximum Gasteiger partial charge on any atom is 0.134 e. The van der Waals surface area contributed by atoms with Gasteiger partial charge in [-0.05, 0) is 66.2 Å². The van der Waals surface area contributed by atoms with Crippen molar-refractivity contribution in [1.29, 1.82) is 0 Å². The van der Waals surface area contributed by atoms with Crippen LogP contribution in [0.2, 0.25) is 0 Å². The number of hydrogen-bond acceptors (Lipinski definition) is 1. The summed E-state index contributed by atoms with van der Waals surface area (Å²) in [5.41, 5.74) is 0.493. The van der Waals surface area contributed by atoms with Crippen LogP contribution in [0.15, 0.2) is 150 Å². The number of fused-ring (bicyclic) bond motifs is 4. The molecule has 0 fully saturated rings. The van der Waals surface area contributed by atoms with Crippen LogP contribution < -0.4 is 0 Å². The molecule has 0 amide bonds. The molecule has 8 aromatic rings. The van der Waals surface area contributed by atoms with Crippen LogP contribution in [0.25, 0.3) is 76.7 Å². The van der Waals surface area contributed by atoms with Gasteiger partial charge in [-0.15, -0.1) is 0 Å². The molecule has 0 atom stereocenters. The Kier molecular flexibility index (Phi) is 2.72. The number of hydrogen-bond donors (Lipinski definition) is 0. The summed E-state index contributed by atoms with van der Waals surface area (Å²) < 4.78 is 132. The zero-order valence-corrected chi connectivity index (χ0v) is 20.2. The fourth-order valence-electron chi connectivity index (χ4n) is 5.27. The Hall–Kier alpha value is -5.14. The maximum atomic E-state index is 9.61. The largest absolute Gasteiger partial charge is 0.464 e. The minimum absolute atomic E-state index is 0.0379. The Bertz CT molecular complexity index is 2850. The van der Waals surface area contributed by atoms with Crippen LogP contribution in [0.4, 0.5) is 0 Å². The van der Waals surface area contributed by atoms with Crippen LogP contribution in [-0.2, 0) is 0 Å². The quantitative estimate of drug-likeness (QED) is 0.215. The number of rotatable bonds is 3. The molecule has 0 bridgehead atoms. The molecule has 0 unspecified atom stereocenters. The van der Waals surface area contributed by atoms with Crippen LogP contribution in [0.3, 0.4) is 0 Å². The van der Waals surface area contributed by atoms with Gasteiger partial charge in [-0.3, -0.25) is 0 Å². The lowest BCUT2D eigenvalue weighted by Crippen LogP contribution is -1.92. The molecule has 0 spiro atoms. The van der Waals surface area contributed by atoms with E-state index in [0.717, 1.165) is 0 Å². The summed E-state index contributed by atoms with van der Waals surface area (Å²) in [6.07, 6.45) is 1.34.